The van der Waals surface area contributed by atoms with Crippen LogP contribution in [0.25, 0.3) is 11.0 Å². The molecule has 1 unspecified atom stereocenters. The molecule has 0 aliphatic heterocycles. The van der Waals surface area contributed by atoms with Gasteiger partial charge >= 0.3 is 0 Å². The number of hydrogen-bond donors (Lipinski definition) is 1. The zero-order chi connectivity index (χ0) is 15.5. The summed E-state index contributed by atoms with van der Waals surface area (Å²) in [5, 5.41) is 4.70. The van der Waals surface area contributed by atoms with E-state index in [1.807, 2.05) is 25.1 Å². The highest BCUT2D eigenvalue weighted by molar-refractivity contribution is 5.79. The Kier molecular flexibility index (Phi) is 4.94. The van der Waals surface area contributed by atoms with E-state index in [0.29, 0.717) is 6.61 Å². The first-order chi connectivity index (χ1) is 9.95. The minimum atomic E-state index is 0.103. The zero-order valence-electron chi connectivity index (χ0n) is 13.8. The monoisotopic (exact) mass is 289 g/mol. The Bertz CT molecular complexity index is 580. The van der Waals surface area contributed by atoms with Gasteiger partial charge in [0.25, 0.3) is 0 Å². The summed E-state index contributed by atoms with van der Waals surface area (Å²) in [6, 6.07) is 8.34. The van der Waals surface area contributed by atoms with Crippen LogP contribution in [-0.2, 0) is 0 Å². The van der Waals surface area contributed by atoms with Crippen molar-refractivity contribution in [3.63, 3.8) is 0 Å². The van der Waals surface area contributed by atoms with Crippen molar-refractivity contribution in [3.05, 3.63) is 30.0 Å². The van der Waals surface area contributed by atoms with E-state index in [9.17, 15) is 0 Å². The lowest BCUT2D eigenvalue weighted by Gasteiger charge is -2.29. The average Bonchev–Trinajstić information content (AvgIpc) is 2.80. The number of benzene rings is 1. The molecule has 0 radical (unpaired) electrons. The van der Waals surface area contributed by atoms with Gasteiger partial charge in [0.05, 0.1) is 12.6 Å². The Hall–Kier alpha value is -1.48. The normalized spacial score (nSPS) is 13.6. The molecule has 2 aromatic rings. The Balaban J connectivity index is 2.34. The maximum absolute atomic E-state index is 6.07. The lowest BCUT2D eigenvalue weighted by molar-refractivity contribution is 0.242. The fourth-order valence-corrected chi connectivity index (χ4v) is 2.56. The number of rotatable bonds is 6. The molecule has 116 valence electrons. The summed E-state index contributed by atoms with van der Waals surface area (Å²) in [6.45, 7) is 12.6. The molecular weight excluding hydrogens is 262 g/mol. The number of hydrogen-bond acceptors (Lipinski definition) is 3. The quantitative estimate of drug-likeness (QED) is 0.819. The van der Waals surface area contributed by atoms with Crippen molar-refractivity contribution >= 4 is 11.0 Å². The molecule has 0 aliphatic carbocycles. The van der Waals surface area contributed by atoms with Gasteiger partial charge < -0.3 is 14.5 Å². The summed E-state index contributed by atoms with van der Waals surface area (Å²) in [7, 11) is 0. The Labute approximate surface area is 127 Å². The van der Waals surface area contributed by atoms with Gasteiger partial charge in [-0.15, -0.1) is 0 Å². The summed E-state index contributed by atoms with van der Waals surface area (Å²) < 4.78 is 11.6. The van der Waals surface area contributed by atoms with Crippen molar-refractivity contribution in [3.8, 4) is 5.75 Å². The van der Waals surface area contributed by atoms with Gasteiger partial charge in [0, 0.05) is 5.39 Å². The smallest absolute Gasteiger partial charge is 0.134 e. The van der Waals surface area contributed by atoms with E-state index >= 15 is 0 Å². The largest absolute Gasteiger partial charge is 0.494 e. The topological polar surface area (TPSA) is 34.4 Å². The Morgan fingerprint density at radius 2 is 1.95 bits per heavy atom. The van der Waals surface area contributed by atoms with Crippen molar-refractivity contribution in [1.82, 2.24) is 5.32 Å². The van der Waals surface area contributed by atoms with Crippen LogP contribution in [-0.4, -0.2) is 13.2 Å². The minimum absolute atomic E-state index is 0.103. The van der Waals surface area contributed by atoms with Crippen LogP contribution in [0.5, 0.6) is 5.75 Å². The predicted octanol–water partition coefficient (Wildman–Crippen LogP) is 4.92. The lowest BCUT2D eigenvalue weighted by atomic mass is 9.85. The van der Waals surface area contributed by atoms with Crippen LogP contribution in [0.2, 0.25) is 0 Å². The van der Waals surface area contributed by atoms with E-state index in [4.69, 9.17) is 9.15 Å². The number of nitrogens with one attached hydrogen (secondary N) is 1. The van der Waals surface area contributed by atoms with Crippen molar-refractivity contribution in [2.24, 2.45) is 5.41 Å². The van der Waals surface area contributed by atoms with Crippen LogP contribution >= 0.6 is 0 Å². The van der Waals surface area contributed by atoms with Crippen molar-refractivity contribution < 1.29 is 9.15 Å². The SMILES string of the molecule is CCCNC(c1cc2cc(OCC)ccc2o1)C(C)(C)C. The highest BCUT2D eigenvalue weighted by atomic mass is 16.5. The number of ether oxygens (including phenoxy) is 1. The molecule has 0 saturated carbocycles. The first-order valence-electron chi connectivity index (χ1n) is 7.85. The van der Waals surface area contributed by atoms with Crippen LogP contribution in [0.3, 0.4) is 0 Å². The van der Waals surface area contributed by atoms with Gasteiger partial charge in [-0.3, -0.25) is 0 Å². The van der Waals surface area contributed by atoms with E-state index in [1.54, 1.807) is 0 Å². The van der Waals surface area contributed by atoms with Gasteiger partial charge in [-0.25, -0.2) is 0 Å². The predicted molar refractivity (Wildman–Crippen MR) is 87.9 cm³/mol. The van der Waals surface area contributed by atoms with E-state index in [1.165, 1.54) is 0 Å². The number of fused-ring (bicyclic) bond motifs is 1. The molecule has 0 amide bonds. The third-order valence-electron chi connectivity index (χ3n) is 3.57. The molecule has 1 aromatic heterocycles. The van der Waals surface area contributed by atoms with E-state index in [-0.39, 0.29) is 11.5 Å². The molecule has 3 nitrogen and oxygen atoms in total. The molecule has 0 saturated heterocycles. The maximum Gasteiger partial charge on any atom is 0.134 e. The fraction of sp³-hybridized carbons (Fsp3) is 0.556. The van der Waals surface area contributed by atoms with Gasteiger partial charge in [-0.2, -0.15) is 0 Å². The second-order valence-corrected chi connectivity index (χ2v) is 6.53. The molecule has 2 rings (SSSR count). The summed E-state index contributed by atoms with van der Waals surface area (Å²) >= 11 is 0. The highest BCUT2D eigenvalue weighted by Gasteiger charge is 2.28. The van der Waals surface area contributed by atoms with Gasteiger partial charge in [-0.05, 0) is 49.6 Å². The molecule has 0 bridgehead atoms. The summed E-state index contributed by atoms with van der Waals surface area (Å²) in [5.74, 6) is 1.89. The molecule has 0 spiro atoms. The highest BCUT2D eigenvalue weighted by Crippen LogP contribution is 2.36. The Morgan fingerprint density at radius 1 is 1.19 bits per heavy atom. The van der Waals surface area contributed by atoms with E-state index < -0.39 is 0 Å². The molecule has 1 atom stereocenters. The maximum atomic E-state index is 6.07. The summed E-state index contributed by atoms with van der Waals surface area (Å²) in [4.78, 5) is 0. The Morgan fingerprint density at radius 3 is 2.57 bits per heavy atom. The second-order valence-electron chi connectivity index (χ2n) is 6.53. The van der Waals surface area contributed by atoms with E-state index in [0.717, 1.165) is 35.4 Å². The lowest BCUT2D eigenvalue weighted by Crippen LogP contribution is -2.32. The molecule has 1 N–H and O–H groups in total. The molecule has 0 aliphatic rings. The first-order valence-corrected chi connectivity index (χ1v) is 7.85. The zero-order valence-corrected chi connectivity index (χ0v) is 13.8. The molecular formula is C18H27NO2. The van der Waals surface area contributed by atoms with E-state index in [2.05, 4.69) is 39.1 Å². The van der Waals surface area contributed by atoms with Crippen molar-refractivity contribution in [1.29, 1.82) is 0 Å². The third kappa shape index (κ3) is 3.79. The molecule has 0 fully saturated rings. The molecule has 1 heterocycles. The molecule has 21 heavy (non-hydrogen) atoms. The van der Waals surface area contributed by atoms with Gasteiger partial charge in [0.15, 0.2) is 0 Å². The first kappa shape index (κ1) is 15.9. The van der Waals surface area contributed by atoms with Crippen LogP contribution in [0.4, 0.5) is 0 Å². The molecule has 3 heteroatoms. The second kappa shape index (κ2) is 6.52. The standard InChI is InChI=1S/C18H27NO2/c1-6-10-19-17(18(3,4)5)16-12-13-11-14(20-7-2)8-9-15(13)21-16/h8-9,11-12,17,19H,6-7,10H2,1-5H3. The molecule has 1 aromatic carbocycles. The van der Waals surface area contributed by atoms with Gasteiger partial charge in [0.2, 0.25) is 0 Å². The van der Waals surface area contributed by atoms with Crippen LogP contribution in [0.1, 0.15) is 52.8 Å². The fourth-order valence-electron chi connectivity index (χ4n) is 2.56. The van der Waals surface area contributed by atoms with Crippen molar-refractivity contribution in [2.45, 2.75) is 47.1 Å². The van der Waals surface area contributed by atoms with Crippen molar-refractivity contribution in [2.75, 3.05) is 13.2 Å². The summed E-state index contributed by atoms with van der Waals surface area (Å²) in [6.07, 6.45) is 1.11. The van der Waals surface area contributed by atoms with Gasteiger partial charge in [-0.1, -0.05) is 27.7 Å². The van der Waals surface area contributed by atoms with Gasteiger partial charge in [0.1, 0.15) is 17.1 Å². The third-order valence-corrected chi connectivity index (χ3v) is 3.57. The average molecular weight is 289 g/mol. The van der Waals surface area contributed by atoms with Crippen LogP contribution < -0.4 is 10.1 Å². The minimum Gasteiger partial charge on any atom is -0.494 e. The number of furan rings is 1. The van der Waals surface area contributed by atoms with Crippen LogP contribution in [0.15, 0.2) is 28.7 Å². The summed E-state index contributed by atoms with van der Waals surface area (Å²) in [5.41, 5.74) is 1.02. The van der Waals surface area contributed by atoms with Crippen LogP contribution in [0, 0.1) is 5.41 Å².